The van der Waals surface area contributed by atoms with E-state index in [-0.39, 0.29) is 5.82 Å². The predicted molar refractivity (Wildman–Crippen MR) is 78.0 cm³/mol. The van der Waals surface area contributed by atoms with Crippen molar-refractivity contribution in [3.8, 4) is 0 Å². The molecule has 0 aliphatic rings. The van der Waals surface area contributed by atoms with Crippen molar-refractivity contribution in [2.45, 2.75) is 13.5 Å². The first kappa shape index (κ1) is 17.1. The number of hydrogen-bond acceptors (Lipinski definition) is 4. The Morgan fingerprint density at radius 3 is 2.36 bits per heavy atom. The number of benzene rings is 1. The van der Waals surface area contributed by atoms with Crippen LogP contribution in [0, 0.1) is 12.7 Å². The molecule has 0 amide bonds. The first-order chi connectivity index (χ1) is 10.4. The molecule has 0 saturated heterocycles. The van der Waals surface area contributed by atoms with Crippen LogP contribution < -0.4 is 5.32 Å². The number of hydrogen-bond donors (Lipinski definition) is 3. The average molecular weight is 306 g/mol. The third-order valence-electron chi connectivity index (χ3n) is 2.56. The molecule has 1 aromatic carbocycles. The van der Waals surface area contributed by atoms with E-state index in [0.29, 0.717) is 6.54 Å². The normalized spacial score (nSPS) is 9.36. The number of rotatable bonds is 3. The van der Waals surface area contributed by atoms with Crippen molar-refractivity contribution >= 4 is 17.6 Å². The lowest BCUT2D eigenvalue weighted by Gasteiger charge is -2.08. The third kappa shape index (κ3) is 6.00. The van der Waals surface area contributed by atoms with Gasteiger partial charge >= 0.3 is 11.9 Å². The maximum atomic E-state index is 12.9. The number of aryl methyl sites for hydroxylation is 1. The van der Waals surface area contributed by atoms with E-state index in [0.717, 1.165) is 16.9 Å². The number of pyridine rings is 1. The highest BCUT2D eigenvalue weighted by Crippen LogP contribution is 2.16. The summed E-state index contributed by atoms with van der Waals surface area (Å²) in [5, 5.41) is 18.0. The van der Waals surface area contributed by atoms with Crippen molar-refractivity contribution in [3.05, 3.63) is 59.7 Å². The summed E-state index contributed by atoms with van der Waals surface area (Å²) in [7, 11) is 0. The summed E-state index contributed by atoms with van der Waals surface area (Å²) in [4.78, 5) is 22.4. The first-order valence-corrected chi connectivity index (χ1v) is 6.26. The lowest BCUT2D eigenvalue weighted by Crippen LogP contribution is -2.09. The fourth-order valence-electron chi connectivity index (χ4n) is 1.51. The molecular formula is C15H15FN2O4. The van der Waals surface area contributed by atoms with Gasteiger partial charge in [0.2, 0.25) is 0 Å². The Morgan fingerprint density at radius 1 is 1.18 bits per heavy atom. The maximum Gasteiger partial charge on any atom is 0.414 e. The molecule has 3 N–H and O–H groups in total. The number of nitrogens with zero attached hydrogens (tertiary/aromatic N) is 1. The smallest absolute Gasteiger partial charge is 0.414 e. The zero-order valence-corrected chi connectivity index (χ0v) is 11.8. The number of carboxylic acids is 2. The third-order valence-corrected chi connectivity index (χ3v) is 2.56. The highest BCUT2D eigenvalue weighted by molar-refractivity contribution is 6.27. The minimum absolute atomic E-state index is 0.208. The van der Waals surface area contributed by atoms with Gasteiger partial charge in [-0.2, -0.15) is 0 Å². The van der Waals surface area contributed by atoms with Crippen LogP contribution in [0.25, 0.3) is 0 Å². The van der Waals surface area contributed by atoms with Gasteiger partial charge < -0.3 is 15.5 Å². The summed E-state index contributed by atoms with van der Waals surface area (Å²) < 4.78 is 12.9. The molecule has 22 heavy (non-hydrogen) atoms. The molecule has 0 radical (unpaired) electrons. The zero-order chi connectivity index (χ0) is 16.5. The fourth-order valence-corrected chi connectivity index (χ4v) is 1.51. The first-order valence-electron chi connectivity index (χ1n) is 6.26. The molecule has 0 spiro atoms. The Hall–Kier alpha value is -2.96. The summed E-state index contributed by atoms with van der Waals surface area (Å²) in [5.74, 6) is -3.86. The summed E-state index contributed by atoms with van der Waals surface area (Å²) in [6.45, 7) is 2.52. The summed E-state index contributed by atoms with van der Waals surface area (Å²) >= 11 is 0. The Bertz CT molecular complexity index is 635. The highest BCUT2D eigenvalue weighted by Gasteiger charge is 2.04. The van der Waals surface area contributed by atoms with Gasteiger partial charge in [0.1, 0.15) is 5.82 Å². The minimum Gasteiger partial charge on any atom is -0.473 e. The van der Waals surface area contributed by atoms with Gasteiger partial charge in [-0.05, 0) is 42.8 Å². The average Bonchev–Trinajstić information content (AvgIpc) is 2.48. The number of carboxylic acid groups (broad SMARTS) is 2. The van der Waals surface area contributed by atoms with E-state index in [2.05, 4.69) is 10.3 Å². The van der Waals surface area contributed by atoms with Gasteiger partial charge in [0, 0.05) is 11.9 Å². The molecule has 2 aromatic rings. The van der Waals surface area contributed by atoms with Crippen molar-refractivity contribution in [1.29, 1.82) is 0 Å². The zero-order valence-electron chi connectivity index (χ0n) is 11.8. The molecule has 2 rings (SSSR count). The summed E-state index contributed by atoms with van der Waals surface area (Å²) in [6, 6.07) is 10.5. The van der Waals surface area contributed by atoms with Gasteiger partial charge in [-0.15, -0.1) is 0 Å². The Morgan fingerprint density at radius 2 is 1.86 bits per heavy atom. The molecule has 6 nitrogen and oxygen atoms in total. The molecule has 0 fully saturated rings. The second kappa shape index (κ2) is 8.35. The fraction of sp³-hybridized carbons (Fsp3) is 0.133. The van der Waals surface area contributed by atoms with Crippen LogP contribution in [-0.2, 0) is 16.1 Å². The molecule has 116 valence electrons. The van der Waals surface area contributed by atoms with Gasteiger partial charge in [0.15, 0.2) is 0 Å². The molecule has 7 heteroatoms. The van der Waals surface area contributed by atoms with Crippen molar-refractivity contribution in [2.75, 3.05) is 5.32 Å². The van der Waals surface area contributed by atoms with E-state index < -0.39 is 11.9 Å². The second-order valence-electron chi connectivity index (χ2n) is 4.24. The van der Waals surface area contributed by atoms with Gasteiger partial charge in [0.05, 0.1) is 12.2 Å². The minimum atomic E-state index is -1.82. The second-order valence-corrected chi connectivity index (χ2v) is 4.24. The van der Waals surface area contributed by atoms with Gasteiger partial charge in [-0.25, -0.2) is 14.0 Å². The van der Waals surface area contributed by atoms with E-state index in [1.54, 1.807) is 12.3 Å². The maximum absolute atomic E-state index is 12.9. The molecule has 0 atom stereocenters. The van der Waals surface area contributed by atoms with E-state index in [4.69, 9.17) is 19.8 Å². The Balaban J connectivity index is 0.000000346. The van der Waals surface area contributed by atoms with E-state index in [9.17, 15) is 4.39 Å². The number of aromatic nitrogens is 1. The quantitative estimate of drug-likeness (QED) is 0.752. The molecule has 0 saturated carbocycles. The monoisotopic (exact) mass is 306 g/mol. The Kier molecular flexibility index (Phi) is 6.49. The van der Waals surface area contributed by atoms with Crippen LogP contribution in [0.4, 0.5) is 10.1 Å². The van der Waals surface area contributed by atoms with Crippen molar-refractivity contribution in [2.24, 2.45) is 0 Å². The predicted octanol–water partition coefficient (Wildman–Crippen LogP) is 2.30. The van der Waals surface area contributed by atoms with Crippen LogP contribution in [0.5, 0.6) is 0 Å². The molecule has 0 bridgehead atoms. The number of halogens is 1. The van der Waals surface area contributed by atoms with Gasteiger partial charge in [-0.1, -0.05) is 6.07 Å². The molecule has 0 unspecified atom stereocenters. The van der Waals surface area contributed by atoms with Crippen LogP contribution >= 0.6 is 0 Å². The van der Waals surface area contributed by atoms with Crippen molar-refractivity contribution < 1.29 is 24.2 Å². The lowest BCUT2D eigenvalue weighted by atomic mass is 10.2. The number of carbonyl (C=O) groups is 2. The van der Waals surface area contributed by atoms with Gasteiger partial charge in [-0.3, -0.25) is 4.98 Å². The van der Waals surface area contributed by atoms with Crippen LogP contribution in [-0.4, -0.2) is 27.1 Å². The topological polar surface area (TPSA) is 99.5 Å². The number of nitrogens with one attached hydrogen (secondary N) is 1. The summed E-state index contributed by atoms with van der Waals surface area (Å²) in [5.41, 5.74) is 2.80. The van der Waals surface area contributed by atoms with Crippen LogP contribution in [0.1, 0.15) is 11.3 Å². The SMILES string of the molecule is Cc1cc(F)ccc1NCc1ccccn1.O=C(O)C(=O)O. The van der Waals surface area contributed by atoms with Gasteiger partial charge in [0.25, 0.3) is 0 Å². The highest BCUT2D eigenvalue weighted by atomic mass is 19.1. The standard InChI is InChI=1S/C13H13FN2.C2H2O4/c1-10-8-11(14)5-6-13(10)16-9-12-4-2-3-7-15-12;3-1(4)2(5)6/h2-8,16H,9H2,1H3;(H,3,4)(H,5,6). The number of aliphatic carboxylic acids is 2. The van der Waals surface area contributed by atoms with Crippen LogP contribution in [0.2, 0.25) is 0 Å². The molecule has 1 heterocycles. The largest absolute Gasteiger partial charge is 0.473 e. The molecule has 0 aliphatic carbocycles. The van der Waals surface area contributed by atoms with Crippen LogP contribution in [0.3, 0.4) is 0 Å². The van der Waals surface area contributed by atoms with Crippen molar-refractivity contribution in [3.63, 3.8) is 0 Å². The van der Waals surface area contributed by atoms with E-state index in [1.165, 1.54) is 12.1 Å². The van der Waals surface area contributed by atoms with E-state index >= 15 is 0 Å². The molecule has 0 aliphatic heterocycles. The number of anilines is 1. The Labute approximate surface area is 126 Å². The lowest BCUT2D eigenvalue weighted by molar-refractivity contribution is -0.159. The molecular weight excluding hydrogens is 291 g/mol. The van der Waals surface area contributed by atoms with Crippen molar-refractivity contribution in [1.82, 2.24) is 4.98 Å². The summed E-state index contributed by atoms with van der Waals surface area (Å²) in [6.07, 6.45) is 1.76. The van der Waals surface area contributed by atoms with E-state index in [1.807, 2.05) is 25.1 Å². The molecule has 1 aromatic heterocycles. The van der Waals surface area contributed by atoms with Crippen LogP contribution in [0.15, 0.2) is 42.6 Å².